The van der Waals surface area contributed by atoms with Crippen molar-refractivity contribution in [2.75, 3.05) is 5.32 Å². The van der Waals surface area contributed by atoms with Gasteiger partial charge in [0.25, 0.3) is 10.1 Å². The van der Waals surface area contributed by atoms with Crippen LogP contribution in [-0.2, 0) is 19.7 Å². The van der Waals surface area contributed by atoms with E-state index >= 15 is 0 Å². The number of phenols is 1. The molecule has 0 aromatic heterocycles. The van der Waals surface area contributed by atoms with E-state index in [-0.39, 0.29) is 34.9 Å². The van der Waals surface area contributed by atoms with Crippen molar-refractivity contribution in [3.8, 4) is 5.75 Å². The van der Waals surface area contributed by atoms with Gasteiger partial charge in [0.05, 0.1) is 6.42 Å². The summed E-state index contributed by atoms with van der Waals surface area (Å²) in [7, 11) is -4.64. The Labute approximate surface area is 212 Å². The van der Waals surface area contributed by atoms with Crippen LogP contribution < -0.4 is 5.32 Å². The summed E-state index contributed by atoms with van der Waals surface area (Å²) < 4.78 is 34.3. The maximum absolute atomic E-state index is 12.2. The highest BCUT2D eigenvalue weighted by molar-refractivity contribution is 7.86. The molecule has 0 heterocycles. The molecule has 0 bridgehead atoms. The van der Waals surface area contributed by atoms with Crippen LogP contribution in [0.2, 0.25) is 0 Å². The third-order valence-corrected chi connectivity index (χ3v) is 6.69. The Morgan fingerprint density at radius 2 is 1.62 bits per heavy atom. The zero-order valence-electron chi connectivity index (χ0n) is 19.9. The van der Waals surface area contributed by atoms with E-state index in [4.69, 9.17) is 5.11 Å². The van der Waals surface area contributed by atoms with Gasteiger partial charge in [0.1, 0.15) is 16.3 Å². The minimum atomic E-state index is -4.64. The number of carbonyl (C=O) groups is 2. The molecular weight excluding hydrogens is 498 g/mol. The Bertz CT molecular complexity index is 1710. The number of carboxylic acid groups (broad SMARTS) is 1. The van der Waals surface area contributed by atoms with E-state index in [2.05, 4.69) is 15.5 Å². The summed E-state index contributed by atoms with van der Waals surface area (Å²) in [6, 6.07) is 14.7. The molecule has 0 unspecified atom stereocenters. The third-order valence-electron chi connectivity index (χ3n) is 5.75. The number of benzene rings is 4. The molecule has 190 valence electrons. The molecule has 0 fully saturated rings. The van der Waals surface area contributed by atoms with Gasteiger partial charge < -0.3 is 15.5 Å². The van der Waals surface area contributed by atoms with Crippen LogP contribution in [-0.4, -0.2) is 35.1 Å². The van der Waals surface area contributed by atoms with Gasteiger partial charge in [-0.1, -0.05) is 29.8 Å². The lowest BCUT2D eigenvalue weighted by atomic mass is 10.0. The van der Waals surface area contributed by atoms with Gasteiger partial charge in [-0.05, 0) is 60.5 Å². The number of hydrogen-bond acceptors (Lipinski definition) is 7. The summed E-state index contributed by atoms with van der Waals surface area (Å²) in [5, 5.41) is 32.3. The number of nitrogens with zero attached hydrogens (tertiary/aromatic N) is 2. The first-order valence-electron chi connectivity index (χ1n) is 11.1. The van der Waals surface area contributed by atoms with Crippen molar-refractivity contribution >= 4 is 60.6 Å². The Morgan fingerprint density at radius 3 is 2.32 bits per heavy atom. The fraction of sp³-hybridized carbons (Fsp3) is 0.154. The van der Waals surface area contributed by atoms with Gasteiger partial charge in [-0.2, -0.15) is 8.42 Å². The molecular formula is C26H23N3O7S. The minimum absolute atomic E-state index is 0.0860. The van der Waals surface area contributed by atoms with Gasteiger partial charge in [0.15, 0.2) is 5.75 Å². The van der Waals surface area contributed by atoms with E-state index in [1.54, 1.807) is 55.5 Å². The molecule has 0 radical (unpaired) electrons. The third kappa shape index (κ3) is 5.57. The van der Waals surface area contributed by atoms with Gasteiger partial charge in [-0.25, -0.2) is 0 Å². The molecule has 0 spiro atoms. The van der Waals surface area contributed by atoms with Crippen molar-refractivity contribution in [3.05, 3.63) is 65.7 Å². The fourth-order valence-electron chi connectivity index (χ4n) is 4.02. The molecule has 0 saturated carbocycles. The Hall–Kier alpha value is -4.35. The number of carboxylic acids is 1. The van der Waals surface area contributed by atoms with Gasteiger partial charge in [0, 0.05) is 22.9 Å². The van der Waals surface area contributed by atoms with E-state index in [0.29, 0.717) is 32.8 Å². The number of aromatic hydroxyl groups is 1. The molecule has 4 rings (SSSR count). The SMILES string of the molecule is Cc1ccc2c(S(=O)(=O)O)c(N=Nc3c(C)cc4cc(NC(=O)CCC(=O)O)ccc4c3O)ccc2c1. The average molecular weight is 522 g/mol. The first kappa shape index (κ1) is 25.7. The maximum Gasteiger partial charge on any atom is 0.303 e. The second-order valence-electron chi connectivity index (χ2n) is 8.58. The summed E-state index contributed by atoms with van der Waals surface area (Å²) >= 11 is 0. The molecule has 1 amide bonds. The first-order chi connectivity index (χ1) is 17.4. The molecule has 0 saturated heterocycles. The van der Waals surface area contributed by atoms with Crippen LogP contribution in [0.1, 0.15) is 24.0 Å². The van der Waals surface area contributed by atoms with Crippen LogP contribution in [0.5, 0.6) is 5.75 Å². The number of aliphatic carboxylic acids is 1. The maximum atomic E-state index is 12.2. The normalized spacial score (nSPS) is 11.9. The smallest absolute Gasteiger partial charge is 0.303 e. The zero-order chi connectivity index (χ0) is 26.9. The molecule has 4 N–H and O–H groups in total. The zero-order valence-corrected chi connectivity index (χ0v) is 20.7. The van der Waals surface area contributed by atoms with Crippen LogP contribution in [0, 0.1) is 13.8 Å². The Balaban J connectivity index is 1.72. The van der Waals surface area contributed by atoms with E-state index in [9.17, 15) is 27.7 Å². The van der Waals surface area contributed by atoms with Crippen molar-refractivity contribution in [1.82, 2.24) is 0 Å². The molecule has 10 nitrogen and oxygen atoms in total. The number of aryl methyl sites for hydroxylation is 2. The first-order valence-corrected chi connectivity index (χ1v) is 12.6. The Kier molecular flexibility index (Phi) is 6.92. The monoisotopic (exact) mass is 521 g/mol. The predicted molar refractivity (Wildman–Crippen MR) is 139 cm³/mol. The van der Waals surface area contributed by atoms with Crippen molar-refractivity contribution in [2.45, 2.75) is 31.6 Å². The van der Waals surface area contributed by atoms with Crippen LogP contribution in [0.3, 0.4) is 0 Å². The molecule has 0 aliphatic heterocycles. The van der Waals surface area contributed by atoms with Crippen molar-refractivity contribution in [3.63, 3.8) is 0 Å². The number of anilines is 1. The number of fused-ring (bicyclic) bond motifs is 2. The lowest BCUT2D eigenvalue weighted by Gasteiger charge is -2.11. The van der Waals surface area contributed by atoms with Crippen molar-refractivity contribution in [2.24, 2.45) is 10.2 Å². The lowest BCUT2D eigenvalue weighted by Crippen LogP contribution is -2.13. The molecule has 11 heteroatoms. The number of phenolic OH excluding ortho intramolecular Hbond substituents is 1. The van der Waals surface area contributed by atoms with Crippen LogP contribution >= 0.6 is 0 Å². The summed E-state index contributed by atoms with van der Waals surface area (Å²) in [6.07, 6.45) is -0.458. The number of nitrogens with one attached hydrogen (secondary N) is 1. The van der Waals surface area contributed by atoms with Gasteiger partial charge in [-0.15, -0.1) is 10.2 Å². The van der Waals surface area contributed by atoms with Crippen LogP contribution in [0.15, 0.2) is 69.7 Å². The van der Waals surface area contributed by atoms with E-state index in [1.165, 1.54) is 6.07 Å². The summed E-state index contributed by atoms with van der Waals surface area (Å²) in [4.78, 5) is 22.2. The highest BCUT2D eigenvalue weighted by Crippen LogP contribution is 2.41. The van der Waals surface area contributed by atoms with E-state index in [0.717, 1.165) is 5.56 Å². The van der Waals surface area contributed by atoms with E-state index in [1.807, 2.05) is 6.92 Å². The molecule has 4 aromatic rings. The standard InChI is InChI=1S/C26H23N3O7S/c1-14-3-6-20-16(11-14)4-8-21(26(20)37(34,35)36)28-29-24-15(2)12-17-13-18(5-7-19(17)25(24)33)27-22(30)9-10-23(31)32/h3-8,11-13,33H,9-10H2,1-2H3,(H,27,30)(H,31,32)(H,34,35,36). The molecule has 0 aliphatic carbocycles. The summed E-state index contributed by atoms with van der Waals surface area (Å²) in [5.41, 5.74) is 1.89. The number of azo groups is 1. The molecule has 0 atom stereocenters. The second-order valence-corrected chi connectivity index (χ2v) is 9.94. The number of hydrogen-bond donors (Lipinski definition) is 4. The topological polar surface area (TPSA) is 166 Å². The van der Waals surface area contributed by atoms with Crippen LogP contribution in [0.25, 0.3) is 21.5 Å². The molecule has 4 aromatic carbocycles. The minimum Gasteiger partial charge on any atom is -0.505 e. The van der Waals surface area contributed by atoms with Crippen molar-refractivity contribution in [1.29, 1.82) is 0 Å². The summed E-state index contributed by atoms with van der Waals surface area (Å²) in [5.74, 6) is -1.72. The quantitative estimate of drug-likeness (QED) is 0.177. The van der Waals surface area contributed by atoms with Crippen molar-refractivity contribution < 1.29 is 32.8 Å². The van der Waals surface area contributed by atoms with Gasteiger partial charge in [-0.3, -0.25) is 14.1 Å². The highest BCUT2D eigenvalue weighted by Gasteiger charge is 2.20. The Morgan fingerprint density at radius 1 is 0.892 bits per heavy atom. The molecule has 0 aliphatic rings. The van der Waals surface area contributed by atoms with Gasteiger partial charge in [0.2, 0.25) is 5.91 Å². The number of carbonyl (C=O) groups excluding carboxylic acids is 1. The number of rotatable bonds is 7. The summed E-state index contributed by atoms with van der Waals surface area (Å²) in [6.45, 7) is 3.54. The van der Waals surface area contributed by atoms with Gasteiger partial charge >= 0.3 is 5.97 Å². The van der Waals surface area contributed by atoms with E-state index < -0.39 is 22.0 Å². The largest absolute Gasteiger partial charge is 0.505 e. The second kappa shape index (κ2) is 9.96. The molecule has 37 heavy (non-hydrogen) atoms. The average Bonchev–Trinajstić information content (AvgIpc) is 2.81. The highest BCUT2D eigenvalue weighted by atomic mass is 32.2. The fourth-order valence-corrected chi connectivity index (χ4v) is 4.86. The van der Waals surface area contributed by atoms with Crippen LogP contribution in [0.4, 0.5) is 17.1 Å². The predicted octanol–water partition coefficient (Wildman–Crippen LogP) is 5.78. The number of amides is 1. The lowest BCUT2D eigenvalue weighted by molar-refractivity contribution is -0.138.